The molecule has 1 saturated carbocycles. The SMILES string of the molecule is NCC1CCCC1NC(=O)c1cnn(-c2ccccc2F)c1C(F)(F)F. The van der Waals surface area contributed by atoms with E-state index >= 15 is 0 Å². The fourth-order valence-electron chi connectivity index (χ4n) is 3.35. The van der Waals surface area contributed by atoms with Crippen molar-refractivity contribution in [3.63, 3.8) is 0 Å². The molecule has 1 heterocycles. The van der Waals surface area contributed by atoms with E-state index in [1.54, 1.807) is 0 Å². The monoisotopic (exact) mass is 370 g/mol. The predicted octanol–water partition coefficient (Wildman–Crippen LogP) is 2.89. The maximum Gasteiger partial charge on any atom is 0.434 e. The van der Waals surface area contributed by atoms with Crippen molar-refractivity contribution in [1.29, 1.82) is 0 Å². The highest BCUT2D eigenvalue weighted by molar-refractivity contribution is 5.95. The highest BCUT2D eigenvalue weighted by atomic mass is 19.4. The zero-order chi connectivity index (χ0) is 18.9. The van der Waals surface area contributed by atoms with Gasteiger partial charge in [-0.05, 0) is 37.4 Å². The van der Waals surface area contributed by atoms with E-state index in [9.17, 15) is 22.4 Å². The number of benzene rings is 1. The van der Waals surface area contributed by atoms with Gasteiger partial charge in [-0.15, -0.1) is 0 Å². The van der Waals surface area contributed by atoms with Crippen molar-refractivity contribution >= 4 is 5.91 Å². The minimum absolute atomic E-state index is 0.0369. The quantitative estimate of drug-likeness (QED) is 0.813. The minimum Gasteiger partial charge on any atom is -0.349 e. The molecule has 9 heteroatoms. The number of nitrogens with one attached hydrogen (secondary N) is 1. The van der Waals surface area contributed by atoms with Crippen LogP contribution in [0.15, 0.2) is 30.5 Å². The van der Waals surface area contributed by atoms with Crippen LogP contribution in [-0.4, -0.2) is 28.3 Å². The number of rotatable bonds is 4. The molecule has 0 bridgehead atoms. The molecule has 0 saturated heterocycles. The fourth-order valence-corrected chi connectivity index (χ4v) is 3.35. The van der Waals surface area contributed by atoms with Gasteiger partial charge in [0.1, 0.15) is 11.5 Å². The zero-order valence-electron chi connectivity index (χ0n) is 13.8. The van der Waals surface area contributed by atoms with Crippen LogP contribution in [0.1, 0.15) is 35.3 Å². The smallest absolute Gasteiger partial charge is 0.349 e. The van der Waals surface area contributed by atoms with Crippen molar-refractivity contribution in [1.82, 2.24) is 15.1 Å². The second kappa shape index (κ2) is 7.06. The molecule has 2 atom stereocenters. The van der Waals surface area contributed by atoms with Crippen LogP contribution in [0.4, 0.5) is 17.6 Å². The first-order valence-electron chi connectivity index (χ1n) is 8.24. The summed E-state index contributed by atoms with van der Waals surface area (Å²) >= 11 is 0. The van der Waals surface area contributed by atoms with Crippen LogP contribution in [0.25, 0.3) is 5.69 Å². The van der Waals surface area contributed by atoms with E-state index in [0.29, 0.717) is 17.6 Å². The Balaban J connectivity index is 1.98. The molecule has 5 nitrogen and oxygen atoms in total. The van der Waals surface area contributed by atoms with E-state index in [0.717, 1.165) is 25.1 Å². The first kappa shape index (κ1) is 18.4. The number of nitrogens with two attached hydrogens (primary N) is 1. The summed E-state index contributed by atoms with van der Waals surface area (Å²) in [6.07, 6.45) is -1.72. The van der Waals surface area contributed by atoms with Gasteiger partial charge in [-0.2, -0.15) is 18.3 Å². The number of para-hydroxylation sites is 1. The lowest BCUT2D eigenvalue weighted by Gasteiger charge is -2.20. The average Bonchev–Trinajstić information content (AvgIpc) is 3.21. The number of aromatic nitrogens is 2. The lowest BCUT2D eigenvalue weighted by atomic mass is 10.0. The topological polar surface area (TPSA) is 72.9 Å². The molecule has 2 aromatic rings. The summed E-state index contributed by atoms with van der Waals surface area (Å²) < 4.78 is 55.1. The summed E-state index contributed by atoms with van der Waals surface area (Å²) in [5, 5.41) is 6.24. The van der Waals surface area contributed by atoms with Crippen molar-refractivity contribution in [2.24, 2.45) is 11.7 Å². The number of carbonyl (C=O) groups is 1. The van der Waals surface area contributed by atoms with Crippen molar-refractivity contribution < 1.29 is 22.4 Å². The van der Waals surface area contributed by atoms with Gasteiger partial charge in [0.05, 0.1) is 11.8 Å². The Morgan fingerprint density at radius 2 is 2.04 bits per heavy atom. The minimum atomic E-state index is -4.88. The number of carbonyl (C=O) groups excluding carboxylic acids is 1. The average molecular weight is 370 g/mol. The molecule has 3 N–H and O–H groups in total. The summed E-state index contributed by atoms with van der Waals surface area (Å²) in [5.74, 6) is -1.72. The molecule has 26 heavy (non-hydrogen) atoms. The summed E-state index contributed by atoms with van der Waals surface area (Å²) in [7, 11) is 0. The van der Waals surface area contributed by atoms with Gasteiger partial charge < -0.3 is 11.1 Å². The zero-order valence-corrected chi connectivity index (χ0v) is 13.8. The number of halogens is 4. The number of hydrogen-bond acceptors (Lipinski definition) is 3. The van der Waals surface area contributed by atoms with E-state index in [-0.39, 0.29) is 17.6 Å². The van der Waals surface area contributed by atoms with Gasteiger partial charge >= 0.3 is 6.18 Å². The molecular weight excluding hydrogens is 352 g/mol. The molecule has 1 aromatic heterocycles. The second-order valence-corrected chi connectivity index (χ2v) is 6.27. The van der Waals surface area contributed by atoms with Crippen LogP contribution in [0.2, 0.25) is 0 Å². The fraction of sp³-hybridized carbons (Fsp3) is 0.412. The third-order valence-corrected chi connectivity index (χ3v) is 4.64. The first-order chi connectivity index (χ1) is 12.3. The number of hydrogen-bond donors (Lipinski definition) is 2. The Labute approximate surface area is 147 Å². The van der Waals surface area contributed by atoms with Crippen molar-refractivity contribution in [2.45, 2.75) is 31.5 Å². The van der Waals surface area contributed by atoms with Crippen LogP contribution in [-0.2, 0) is 6.18 Å². The highest BCUT2D eigenvalue weighted by Crippen LogP contribution is 2.34. The maximum atomic E-state index is 13.9. The largest absolute Gasteiger partial charge is 0.434 e. The first-order valence-corrected chi connectivity index (χ1v) is 8.24. The van der Waals surface area contributed by atoms with E-state index in [4.69, 9.17) is 5.73 Å². The Morgan fingerprint density at radius 1 is 1.31 bits per heavy atom. The summed E-state index contributed by atoms with van der Waals surface area (Å²) in [5.41, 5.74) is 3.33. The standard InChI is InChI=1S/C17H18F4N4O/c18-12-5-1-2-7-14(12)25-15(17(19,20)21)11(9-23-25)16(26)24-13-6-3-4-10(13)8-22/h1-2,5,7,9-10,13H,3-4,6,8,22H2,(H,24,26). The van der Waals surface area contributed by atoms with E-state index in [1.807, 2.05) is 0 Å². The number of alkyl halides is 3. The Hall–Kier alpha value is -2.42. The van der Waals surface area contributed by atoms with Crippen molar-refractivity contribution in [3.05, 3.63) is 47.5 Å². The van der Waals surface area contributed by atoms with Crippen molar-refractivity contribution in [3.8, 4) is 5.69 Å². The van der Waals surface area contributed by atoms with Gasteiger partial charge in [0.15, 0.2) is 5.69 Å². The number of amides is 1. The molecule has 1 aliphatic carbocycles. The molecule has 0 aliphatic heterocycles. The molecular formula is C17H18F4N4O. The van der Waals surface area contributed by atoms with Gasteiger partial charge in [-0.25, -0.2) is 9.07 Å². The van der Waals surface area contributed by atoms with Gasteiger partial charge in [-0.1, -0.05) is 18.6 Å². The van der Waals surface area contributed by atoms with Crippen molar-refractivity contribution in [2.75, 3.05) is 6.54 Å². The Morgan fingerprint density at radius 3 is 2.69 bits per heavy atom. The molecule has 0 spiro atoms. The van der Waals surface area contributed by atoms with Gasteiger partial charge in [0.2, 0.25) is 0 Å². The lowest BCUT2D eigenvalue weighted by Crippen LogP contribution is -2.40. The van der Waals surface area contributed by atoms with E-state index < -0.39 is 29.2 Å². The lowest BCUT2D eigenvalue weighted by molar-refractivity contribution is -0.143. The van der Waals surface area contributed by atoms with Crippen LogP contribution in [0.5, 0.6) is 0 Å². The third-order valence-electron chi connectivity index (χ3n) is 4.64. The maximum absolute atomic E-state index is 13.9. The van der Waals surface area contributed by atoms with Gasteiger partial charge in [0.25, 0.3) is 5.91 Å². The van der Waals surface area contributed by atoms with Crippen LogP contribution in [0, 0.1) is 11.7 Å². The Bertz CT molecular complexity index is 802. The van der Waals surface area contributed by atoms with E-state index in [1.165, 1.54) is 18.2 Å². The van der Waals surface area contributed by atoms with Crippen LogP contribution in [0.3, 0.4) is 0 Å². The summed E-state index contributed by atoms with van der Waals surface area (Å²) in [4.78, 5) is 12.5. The highest BCUT2D eigenvalue weighted by Gasteiger charge is 2.41. The second-order valence-electron chi connectivity index (χ2n) is 6.27. The predicted molar refractivity (Wildman–Crippen MR) is 86.2 cm³/mol. The summed E-state index contributed by atoms with van der Waals surface area (Å²) in [6, 6.07) is 4.67. The molecule has 3 rings (SSSR count). The molecule has 2 unspecified atom stereocenters. The molecule has 1 aromatic carbocycles. The molecule has 1 aliphatic rings. The molecule has 1 amide bonds. The molecule has 1 fully saturated rings. The number of nitrogens with zero attached hydrogens (tertiary/aromatic N) is 2. The van der Waals surface area contributed by atoms with Crippen LogP contribution < -0.4 is 11.1 Å². The normalized spacial score (nSPS) is 20.3. The van der Waals surface area contributed by atoms with Gasteiger partial charge in [0, 0.05) is 6.04 Å². The molecule has 0 radical (unpaired) electrons. The third kappa shape index (κ3) is 3.44. The molecule has 140 valence electrons. The Kier molecular flexibility index (Phi) is 4.99. The van der Waals surface area contributed by atoms with Crippen LogP contribution >= 0.6 is 0 Å². The van der Waals surface area contributed by atoms with Gasteiger partial charge in [-0.3, -0.25) is 4.79 Å². The van der Waals surface area contributed by atoms with E-state index in [2.05, 4.69) is 10.4 Å². The summed E-state index contributed by atoms with van der Waals surface area (Å²) in [6.45, 7) is 0.353.